The summed E-state index contributed by atoms with van der Waals surface area (Å²) in [5, 5.41) is 13.1. The number of rotatable bonds is 11. The van der Waals surface area contributed by atoms with Crippen molar-refractivity contribution in [3.05, 3.63) is 35.9 Å². The zero-order valence-corrected chi connectivity index (χ0v) is 18.5. The van der Waals surface area contributed by atoms with Gasteiger partial charge in [0, 0.05) is 13.0 Å². The molecular formula is C21H31N3O5S. The fourth-order valence-electron chi connectivity index (χ4n) is 3.21. The minimum atomic E-state index is -3.80. The minimum Gasteiger partial charge on any atom is -0.481 e. The highest BCUT2D eigenvalue weighted by Gasteiger charge is 2.32. The molecule has 0 amide bonds. The second kappa shape index (κ2) is 10.7. The number of Topliss-reactive ketones (excluding diaryl/α,β-unsaturated/α-hetero) is 1. The highest BCUT2D eigenvalue weighted by atomic mass is 32.2. The molecule has 0 bridgehead atoms. The molecular weight excluding hydrogens is 406 g/mol. The number of sulfonamides is 1. The average molecular weight is 438 g/mol. The van der Waals surface area contributed by atoms with Crippen LogP contribution in [0.5, 0.6) is 0 Å². The first-order valence-electron chi connectivity index (χ1n) is 10.2. The molecule has 0 spiro atoms. The molecule has 166 valence electrons. The summed E-state index contributed by atoms with van der Waals surface area (Å²) in [6, 6.07) is 6.02. The molecule has 2 atom stereocenters. The Hall–Kier alpha value is -2.23. The van der Waals surface area contributed by atoms with E-state index in [1.807, 2.05) is 12.1 Å². The van der Waals surface area contributed by atoms with Gasteiger partial charge >= 0.3 is 5.97 Å². The van der Waals surface area contributed by atoms with Crippen LogP contribution in [0.25, 0.3) is 5.57 Å². The molecule has 0 radical (unpaired) electrons. The first kappa shape index (κ1) is 24.0. The van der Waals surface area contributed by atoms with Crippen molar-refractivity contribution in [1.82, 2.24) is 10.1 Å². The van der Waals surface area contributed by atoms with Gasteiger partial charge in [0.2, 0.25) is 10.0 Å². The van der Waals surface area contributed by atoms with Crippen molar-refractivity contribution in [1.29, 1.82) is 0 Å². The molecule has 0 aromatic heterocycles. The predicted molar refractivity (Wildman–Crippen MR) is 118 cm³/mol. The summed E-state index contributed by atoms with van der Waals surface area (Å²) in [7, 11) is -3.80. The fraction of sp³-hybridized carbons (Fsp3) is 0.524. The largest absolute Gasteiger partial charge is 0.481 e. The van der Waals surface area contributed by atoms with Gasteiger partial charge < -0.3 is 10.4 Å². The van der Waals surface area contributed by atoms with Gasteiger partial charge in [-0.2, -0.15) is 0 Å². The second-order valence-electron chi connectivity index (χ2n) is 7.39. The van der Waals surface area contributed by atoms with Gasteiger partial charge in [0.15, 0.2) is 5.78 Å². The Morgan fingerprint density at radius 2 is 1.90 bits per heavy atom. The Balaban J connectivity index is 2.44. The molecule has 2 rings (SSSR count). The Bertz CT molecular complexity index is 880. The Labute approximate surface area is 178 Å². The van der Waals surface area contributed by atoms with E-state index in [0.717, 1.165) is 25.1 Å². The number of hydrogen-bond donors (Lipinski definition) is 3. The number of benzene rings is 1. The van der Waals surface area contributed by atoms with Gasteiger partial charge in [-0.25, -0.2) is 8.42 Å². The number of carboxylic acid groups (broad SMARTS) is 1. The summed E-state index contributed by atoms with van der Waals surface area (Å²) < 4.78 is 25.5. The van der Waals surface area contributed by atoms with Crippen molar-refractivity contribution in [3.63, 3.8) is 0 Å². The number of hydrazine groups is 1. The number of anilines is 1. The van der Waals surface area contributed by atoms with Crippen LogP contribution in [0, 0.1) is 0 Å². The monoisotopic (exact) mass is 437 g/mol. The number of carbonyl (C=O) groups excluding carboxylic acids is 1. The van der Waals surface area contributed by atoms with Crippen LogP contribution in [0.1, 0.15) is 52.0 Å². The van der Waals surface area contributed by atoms with Crippen molar-refractivity contribution >= 4 is 33.0 Å². The van der Waals surface area contributed by atoms with Crippen molar-refractivity contribution in [3.8, 4) is 0 Å². The zero-order chi connectivity index (χ0) is 22.3. The third-order valence-electron chi connectivity index (χ3n) is 5.31. The highest BCUT2D eigenvalue weighted by molar-refractivity contribution is 7.90. The van der Waals surface area contributed by atoms with Crippen LogP contribution in [-0.4, -0.2) is 49.7 Å². The predicted octanol–water partition coefficient (Wildman–Crippen LogP) is 2.33. The fourth-order valence-corrected chi connectivity index (χ4v) is 4.34. The maximum Gasteiger partial charge on any atom is 0.305 e. The number of carboxylic acids is 1. The van der Waals surface area contributed by atoms with E-state index in [1.165, 1.54) is 10.6 Å². The van der Waals surface area contributed by atoms with E-state index in [1.54, 1.807) is 32.9 Å². The van der Waals surface area contributed by atoms with E-state index in [0.29, 0.717) is 12.1 Å². The molecule has 0 fully saturated rings. The van der Waals surface area contributed by atoms with Crippen molar-refractivity contribution in [2.75, 3.05) is 18.1 Å². The summed E-state index contributed by atoms with van der Waals surface area (Å²) >= 11 is 0. The molecule has 3 N–H and O–H groups in total. The highest BCUT2D eigenvalue weighted by Crippen LogP contribution is 2.25. The number of carbonyl (C=O) groups is 2. The lowest BCUT2D eigenvalue weighted by Gasteiger charge is -2.33. The van der Waals surface area contributed by atoms with Crippen molar-refractivity contribution < 1.29 is 23.1 Å². The van der Waals surface area contributed by atoms with E-state index in [2.05, 4.69) is 16.2 Å². The smallest absolute Gasteiger partial charge is 0.305 e. The van der Waals surface area contributed by atoms with Gasteiger partial charge in [0.1, 0.15) is 6.04 Å². The third kappa shape index (κ3) is 6.13. The van der Waals surface area contributed by atoms with Gasteiger partial charge in [0.05, 0.1) is 17.4 Å². The maximum absolute atomic E-state index is 12.7. The number of hydrogen-bond acceptors (Lipinski definition) is 6. The average Bonchev–Trinajstić information content (AvgIpc) is 2.75. The van der Waals surface area contributed by atoms with Crippen molar-refractivity contribution in [2.24, 2.45) is 0 Å². The number of ketones is 1. The maximum atomic E-state index is 12.7. The van der Waals surface area contributed by atoms with Crippen LogP contribution < -0.4 is 15.2 Å². The molecule has 1 unspecified atom stereocenters. The molecule has 0 saturated heterocycles. The van der Waals surface area contributed by atoms with Gasteiger partial charge in [-0.05, 0) is 49.6 Å². The first-order chi connectivity index (χ1) is 14.2. The lowest BCUT2D eigenvalue weighted by molar-refractivity contribution is -0.139. The van der Waals surface area contributed by atoms with Crippen LogP contribution in [0.4, 0.5) is 5.69 Å². The van der Waals surface area contributed by atoms with Crippen LogP contribution in [-0.2, 0) is 19.6 Å². The van der Waals surface area contributed by atoms with Gasteiger partial charge in [-0.3, -0.25) is 14.6 Å². The first-order valence-corrected chi connectivity index (χ1v) is 11.8. The molecule has 0 saturated carbocycles. The topological polar surface area (TPSA) is 116 Å². The summed E-state index contributed by atoms with van der Waals surface area (Å²) in [4.78, 5) is 26.4. The molecule has 0 aliphatic carbocycles. The normalized spacial score (nSPS) is 16.4. The molecule has 1 heterocycles. The zero-order valence-electron chi connectivity index (χ0n) is 17.7. The molecule has 1 aliphatic rings. The summed E-state index contributed by atoms with van der Waals surface area (Å²) in [6.45, 7) is 6.64. The number of nitrogens with one attached hydrogen (secondary N) is 2. The number of aliphatic carboxylic acids is 1. The van der Waals surface area contributed by atoms with Gasteiger partial charge in [0.25, 0.3) is 0 Å². The molecule has 8 nitrogen and oxygen atoms in total. The van der Waals surface area contributed by atoms with E-state index in [4.69, 9.17) is 0 Å². The molecule has 30 heavy (non-hydrogen) atoms. The summed E-state index contributed by atoms with van der Waals surface area (Å²) in [5.41, 5.74) is 2.63. The van der Waals surface area contributed by atoms with E-state index in [-0.39, 0.29) is 12.2 Å². The van der Waals surface area contributed by atoms with Crippen LogP contribution in [0.15, 0.2) is 30.3 Å². The number of nitrogens with zero attached hydrogens (tertiary/aromatic N) is 1. The van der Waals surface area contributed by atoms with E-state index in [9.17, 15) is 23.1 Å². The summed E-state index contributed by atoms with van der Waals surface area (Å²) in [5.74, 6) is -1.53. The van der Waals surface area contributed by atoms with Crippen LogP contribution in [0.2, 0.25) is 0 Å². The standard InChI is InChI=1S/C21H31N3O5S/c1-4-15(3)30(28,29)23-24(19(14-21(26)27)20(25)5-2)18-8-6-16(7-9-18)17-10-12-22-13-11-17/h6-10,15,19,22-23H,4-5,11-14H2,1-3H3,(H,26,27)/t15-,19?/m0/s1. The molecule has 1 aromatic rings. The lowest BCUT2D eigenvalue weighted by Crippen LogP contribution is -2.54. The minimum absolute atomic E-state index is 0.0947. The van der Waals surface area contributed by atoms with Gasteiger partial charge in [-0.1, -0.05) is 32.1 Å². The molecule has 1 aromatic carbocycles. The molecule has 1 aliphatic heterocycles. The molecule has 9 heteroatoms. The van der Waals surface area contributed by atoms with Crippen molar-refractivity contribution in [2.45, 2.75) is 57.7 Å². The van der Waals surface area contributed by atoms with Crippen LogP contribution in [0.3, 0.4) is 0 Å². The lowest BCUT2D eigenvalue weighted by atomic mass is 9.99. The quantitative estimate of drug-likeness (QED) is 0.455. The van der Waals surface area contributed by atoms with Gasteiger partial charge in [-0.15, -0.1) is 4.83 Å². The SMILES string of the molecule is CCC(=O)C(CC(=O)O)N(NS(=O)(=O)[C@@H](C)CC)c1ccc(C2=CCNCC2)cc1. The second-order valence-corrected chi connectivity index (χ2v) is 9.47. The van der Waals surface area contributed by atoms with Crippen LogP contribution >= 0.6 is 0 Å². The summed E-state index contributed by atoms with van der Waals surface area (Å²) in [6.07, 6.45) is 2.97. The van der Waals surface area contributed by atoms with E-state index < -0.39 is 33.7 Å². The third-order valence-corrected chi connectivity index (χ3v) is 7.15. The Kier molecular flexibility index (Phi) is 8.57. The van der Waals surface area contributed by atoms with E-state index >= 15 is 0 Å². The Morgan fingerprint density at radius 1 is 1.23 bits per heavy atom. The Morgan fingerprint density at radius 3 is 2.40 bits per heavy atom.